The van der Waals surface area contributed by atoms with E-state index < -0.39 is 0 Å². The van der Waals surface area contributed by atoms with Crippen LogP contribution in [-0.4, -0.2) is 11.0 Å². The Morgan fingerprint density at radius 1 is 1.28 bits per heavy atom. The van der Waals surface area contributed by atoms with Crippen LogP contribution in [0, 0.1) is 10.1 Å². The normalized spacial score (nSPS) is 19.6. The van der Waals surface area contributed by atoms with Crippen LogP contribution in [0.4, 0.5) is 5.69 Å². The van der Waals surface area contributed by atoms with Crippen LogP contribution in [0.2, 0.25) is 0 Å². The lowest BCUT2D eigenvalue weighted by atomic mass is 9.96. The van der Waals surface area contributed by atoms with E-state index in [2.05, 4.69) is 0 Å². The molecular weight excluding hydrogens is 230 g/mol. The number of ether oxygens (including phenoxy) is 1. The van der Waals surface area contributed by atoms with Gasteiger partial charge in [-0.3, -0.25) is 10.1 Å². The van der Waals surface area contributed by atoms with Gasteiger partial charge in [0.2, 0.25) is 0 Å². The minimum atomic E-state index is -0.286. The van der Waals surface area contributed by atoms with Crippen molar-refractivity contribution in [2.24, 2.45) is 0 Å². The number of nitro groups is 1. The Bertz CT molecular complexity index is 464. The summed E-state index contributed by atoms with van der Waals surface area (Å²) in [4.78, 5) is 10.8. The molecule has 0 spiro atoms. The van der Waals surface area contributed by atoms with Crippen molar-refractivity contribution >= 4 is 5.69 Å². The number of nitrogens with zero attached hydrogens (tertiary/aromatic N) is 1. The molecule has 0 atom stereocenters. The summed E-state index contributed by atoms with van der Waals surface area (Å²) in [6.45, 7) is 0.396. The Kier molecular flexibility index (Phi) is 3.04. The van der Waals surface area contributed by atoms with Gasteiger partial charge >= 0.3 is 0 Å². The van der Waals surface area contributed by atoms with Crippen LogP contribution in [0.3, 0.4) is 0 Å². The van der Waals surface area contributed by atoms with Gasteiger partial charge in [0, 0.05) is 6.07 Å². The molecular formula is C14H17NO3. The lowest BCUT2D eigenvalue weighted by Crippen LogP contribution is -2.21. The molecule has 18 heavy (non-hydrogen) atoms. The van der Waals surface area contributed by atoms with Crippen molar-refractivity contribution in [3.63, 3.8) is 0 Å². The van der Waals surface area contributed by atoms with Crippen LogP contribution < -0.4 is 0 Å². The second-order valence-electron chi connectivity index (χ2n) is 5.24. The lowest BCUT2D eigenvalue weighted by Gasteiger charge is -2.25. The summed E-state index contributed by atoms with van der Waals surface area (Å²) in [5, 5.41) is 11.1. The van der Waals surface area contributed by atoms with Crippen LogP contribution in [0.25, 0.3) is 0 Å². The van der Waals surface area contributed by atoms with E-state index in [0.717, 1.165) is 36.8 Å². The van der Waals surface area contributed by atoms with E-state index in [1.54, 1.807) is 12.1 Å². The summed E-state index contributed by atoms with van der Waals surface area (Å²) >= 11 is 0. The highest BCUT2D eigenvalue weighted by atomic mass is 16.6. The quantitative estimate of drug-likeness (QED) is 0.590. The minimum Gasteiger partial charge on any atom is -0.373 e. The molecule has 2 aliphatic carbocycles. The molecule has 2 fully saturated rings. The zero-order chi connectivity index (χ0) is 12.5. The molecule has 0 amide bonds. The van der Waals surface area contributed by atoms with Gasteiger partial charge in [0.1, 0.15) is 0 Å². The van der Waals surface area contributed by atoms with Gasteiger partial charge in [0.25, 0.3) is 5.69 Å². The molecule has 4 nitrogen and oxygen atoms in total. The van der Waals surface area contributed by atoms with E-state index in [-0.39, 0.29) is 10.6 Å². The average Bonchev–Trinajstić information content (AvgIpc) is 3.10. The standard InChI is InChI=1S/C14H17NO3/c16-15(17)14-6-2-5-12(10-7-8-10)13(14)9-18-11-3-1-4-11/h2,5-6,10-11H,1,3-4,7-9H2. The second-order valence-corrected chi connectivity index (χ2v) is 5.24. The lowest BCUT2D eigenvalue weighted by molar-refractivity contribution is -0.386. The van der Waals surface area contributed by atoms with Gasteiger partial charge in [0.15, 0.2) is 0 Å². The third kappa shape index (κ3) is 2.25. The van der Waals surface area contributed by atoms with Gasteiger partial charge in [-0.15, -0.1) is 0 Å². The zero-order valence-corrected chi connectivity index (χ0v) is 10.3. The molecule has 96 valence electrons. The van der Waals surface area contributed by atoms with Gasteiger partial charge < -0.3 is 4.74 Å². The molecule has 3 rings (SSSR count). The van der Waals surface area contributed by atoms with Crippen molar-refractivity contribution in [3.8, 4) is 0 Å². The Hall–Kier alpha value is -1.42. The summed E-state index contributed by atoms with van der Waals surface area (Å²) in [7, 11) is 0. The molecule has 0 radical (unpaired) electrons. The van der Waals surface area contributed by atoms with Crippen LogP contribution in [0.1, 0.15) is 49.1 Å². The highest BCUT2D eigenvalue weighted by Crippen LogP contribution is 2.44. The number of rotatable bonds is 5. The molecule has 0 bridgehead atoms. The third-order valence-electron chi connectivity index (χ3n) is 3.92. The van der Waals surface area contributed by atoms with Gasteiger partial charge in [0.05, 0.1) is 23.2 Å². The smallest absolute Gasteiger partial charge is 0.275 e. The third-order valence-corrected chi connectivity index (χ3v) is 3.92. The molecule has 1 aromatic carbocycles. The summed E-state index contributed by atoms with van der Waals surface area (Å²) in [5.74, 6) is 0.518. The first kappa shape index (κ1) is 11.7. The Morgan fingerprint density at radius 2 is 2.06 bits per heavy atom. The van der Waals surface area contributed by atoms with Crippen molar-refractivity contribution in [1.82, 2.24) is 0 Å². The average molecular weight is 247 g/mol. The zero-order valence-electron chi connectivity index (χ0n) is 10.3. The predicted octanol–water partition coefficient (Wildman–Crippen LogP) is 3.54. The van der Waals surface area contributed by atoms with Gasteiger partial charge in [-0.2, -0.15) is 0 Å². The van der Waals surface area contributed by atoms with E-state index in [0.29, 0.717) is 18.6 Å². The van der Waals surface area contributed by atoms with Crippen molar-refractivity contribution in [2.75, 3.05) is 0 Å². The highest BCUT2D eigenvalue weighted by Gasteiger charge is 2.30. The molecule has 0 unspecified atom stereocenters. The Labute approximate surface area is 106 Å². The van der Waals surface area contributed by atoms with Crippen LogP contribution in [0.15, 0.2) is 18.2 Å². The maximum Gasteiger partial charge on any atom is 0.275 e. The van der Waals surface area contributed by atoms with E-state index in [1.165, 1.54) is 6.42 Å². The minimum absolute atomic E-state index is 0.221. The molecule has 0 aliphatic heterocycles. The van der Waals surface area contributed by atoms with Crippen LogP contribution in [-0.2, 0) is 11.3 Å². The highest BCUT2D eigenvalue weighted by molar-refractivity contribution is 5.47. The number of nitro benzene ring substituents is 1. The molecule has 0 heterocycles. The first-order valence-electron chi connectivity index (χ1n) is 6.63. The van der Waals surface area contributed by atoms with E-state index >= 15 is 0 Å². The second kappa shape index (κ2) is 4.69. The number of hydrogen-bond donors (Lipinski definition) is 0. The topological polar surface area (TPSA) is 52.4 Å². The van der Waals surface area contributed by atoms with Gasteiger partial charge in [-0.1, -0.05) is 12.1 Å². The molecule has 4 heteroatoms. The Morgan fingerprint density at radius 3 is 2.61 bits per heavy atom. The fourth-order valence-electron chi connectivity index (χ4n) is 2.44. The first-order chi connectivity index (χ1) is 8.75. The molecule has 1 aromatic rings. The maximum absolute atomic E-state index is 11.1. The van der Waals surface area contributed by atoms with E-state index in [1.807, 2.05) is 6.07 Å². The van der Waals surface area contributed by atoms with E-state index in [9.17, 15) is 10.1 Å². The van der Waals surface area contributed by atoms with Crippen molar-refractivity contribution in [3.05, 3.63) is 39.4 Å². The fraction of sp³-hybridized carbons (Fsp3) is 0.571. The van der Waals surface area contributed by atoms with Crippen LogP contribution >= 0.6 is 0 Å². The Balaban J connectivity index is 1.84. The summed E-state index contributed by atoms with van der Waals surface area (Å²) < 4.78 is 5.77. The summed E-state index contributed by atoms with van der Waals surface area (Å²) in [5.41, 5.74) is 2.15. The van der Waals surface area contributed by atoms with Crippen molar-refractivity contribution in [1.29, 1.82) is 0 Å². The monoisotopic (exact) mass is 247 g/mol. The summed E-state index contributed by atoms with van der Waals surface area (Å²) in [6.07, 6.45) is 6.03. The van der Waals surface area contributed by atoms with Crippen molar-refractivity contribution < 1.29 is 9.66 Å². The SMILES string of the molecule is O=[N+]([O-])c1cccc(C2CC2)c1COC1CCC1. The van der Waals surface area contributed by atoms with Gasteiger partial charge in [-0.05, 0) is 43.6 Å². The molecule has 0 saturated heterocycles. The predicted molar refractivity (Wildman–Crippen MR) is 67.5 cm³/mol. The fourth-order valence-corrected chi connectivity index (χ4v) is 2.44. The number of benzene rings is 1. The first-order valence-corrected chi connectivity index (χ1v) is 6.63. The molecule has 0 aromatic heterocycles. The van der Waals surface area contributed by atoms with Crippen LogP contribution in [0.5, 0.6) is 0 Å². The number of hydrogen-bond acceptors (Lipinski definition) is 3. The van der Waals surface area contributed by atoms with Crippen molar-refractivity contribution in [2.45, 2.75) is 50.7 Å². The molecule has 2 saturated carbocycles. The largest absolute Gasteiger partial charge is 0.373 e. The maximum atomic E-state index is 11.1. The molecule has 2 aliphatic rings. The van der Waals surface area contributed by atoms with Gasteiger partial charge in [-0.25, -0.2) is 0 Å². The summed E-state index contributed by atoms with van der Waals surface area (Å²) in [6, 6.07) is 5.40. The van der Waals surface area contributed by atoms with E-state index in [4.69, 9.17) is 4.74 Å². The molecule has 0 N–H and O–H groups in total.